The molecule has 1 rings (SSSR count). The van der Waals surface area contributed by atoms with E-state index in [1.807, 2.05) is 0 Å². The maximum atomic E-state index is 3.78. The Morgan fingerprint density at radius 3 is 2.75 bits per heavy atom. The molecule has 0 unspecified atom stereocenters. The van der Waals surface area contributed by atoms with Crippen LogP contribution in [0.5, 0.6) is 0 Å². The van der Waals surface area contributed by atoms with E-state index in [2.05, 4.69) is 43.9 Å². The van der Waals surface area contributed by atoms with E-state index in [-0.39, 0.29) is 0 Å². The predicted molar refractivity (Wildman–Crippen MR) is 55.0 cm³/mol. The minimum atomic E-state index is 0.765. The molecule has 0 aromatic heterocycles. The van der Waals surface area contributed by atoms with Crippen molar-refractivity contribution in [2.75, 3.05) is 0 Å². The van der Waals surface area contributed by atoms with Crippen LogP contribution in [0.15, 0.2) is 37.0 Å². The topological polar surface area (TPSA) is 0 Å². The summed E-state index contributed by atoms with van der Waals surface area (Å²) in [5, 5.41) is 0. The smallest absolute Gasteiger partial charge is 0.0161 e. The number of unbranched alkanes of at least 4 members (excludes halogenated alkanes) is 1. The molecular weight excluding hydrogens is 144 g/mol. The van der Waals surface area contributed by atoms with E-state index in [0.29, 0.717) is 0 Å². The summed E-state index contributed by atoms with van der Waals surface area (Å²) in [7, 11) is 0. The summed E-state index contributed by atoms with van der Waals surface area (Å²) in [6.45, 7) is 5.98. The second-order valence-corrected chi connectivity index (χ2v) is 3.40. The van der Waals surface area contributed by atoms with E-state index in [9.17, 15) is 0 Å². The van der Waals surface area contributed by atoms with E-state index in [4.69, 9.17) is 0 Å². The predicted octanol–water partition coefficient (Wildman–Crippen LogP) is 3.72. The molecule has 0 aliphatic heterocycles. The van der Waals surface area contributed by atoms with Gasteiger partial charge in [0.15, 0.2) is 0 Å². The van der Waals surface area contributed by atoms with Crippen molar-refractivity contribution in [3.8, 4) is 0 Å². The fourth-order valence-corrected chi connectivity index (χ4v) is 1.28. The summed E-state index contributed by atoms with van der Waals surface area (Å²) in [5.41, 5.74) is 0. The van der Waals surface area contributed by atoms with Gasteiger partial charge in [0.2, 0.25) is 0 Å². The highest BCUT2D eigenvalue weighted by molar-refractivity contribution is 5.13. The fourth-order valence-electron chi connectivity index (χ4n) is 1.28. The Morgan fingerprint density at radius 1 is 1.33 bits per heavy atom. The molecule has 0 aromatic carbocycles. The Balaban J connectivity index is 2.11. The fraction of sp³-hybridized carbons (Fsp3) is 0.500. The first-order valence-corrected chi connectivity index (χ1v) is 4.84. The van der Waals surface area contributed by atoms with E-state index < -0.39 is 0 Å². The zero-order valence-electron chi connectivity index (χ0n) is 7.87. The monoisotopic (exact) mass is 162 g/mol. The van der Waals surface area contributed by atoms with E-state index in [0.717, 1.165) is 11.8 Å². The van der Waals surface area contributed by atoms with Gasteiger partial charge in [-0.2, -0.15) is 0 Å². The van der Waals surface area contributed by atoms with Gasteiger partial charge in [0, 0.05) is 0 Å². The maximum Gasteiger partial charge on any atom is -0.0161 e. The molecule has 1 fully saturated rings. The Kier molecular flexibility index (Phi) is 3.86. The van der Waals surface area contributed by atoms with Gasteiger partial charge in [-0.25, -0.2) is 0 Å². The lowest BCUT2D eigenvalue weighted by Gasteiger charge is -1.82. The van der Waals surface area contributed by atoms with Crippen molar-refractivity contribution in [2.45, 2.75) is 26.2 Å². The second kappa shape index (κ2) is 4.97. The molecule has 0 spiro atoms. The minimum Gasteiger partial charge on any atom is -0.103 e. The van der Waals surface area contributed by atoms with Gasteiger partial charge >= 0.3 is 0 Å². The summed E-state index contributed by atoms with van der Waals surface area (Å²) < 4.78 is 0. The molecule has 0 heterocycles. The average Bonchev–Trinajstić information content (AvgIpc) is 2.83. The van der Waals surface area contributed by atoms with Gasteiger partial charge < -0.3 is 0 Å². The third-order valence-electron chi connectivity index (χ3n) is 2.25. The molecular formula is C12H18. The van der Waals surface area contributed by atoms with Crippen LogP contribution in [0.25, 0.3) is 0 Å². The summed E-state index contributed by atoms with van der Waals surface area (Å²) in [6.07, 6.45) is 14.6. The summed E-state index contributed by atoms with van der Waals surface area (Å²) >= 11 is 0. The molecule has 0 amide bonds. The SMILES string of the molecule is C=C[C@H]1C[C@H]1/C=C/C=C/CCC. The number of hydrogen-bond acceptors (Lipinski definition) is 0. The van der Waals surface area contributed by atoms with E-state index in [1.165, 1.54) is 19.3 Å². The van der Waals surface area contributed by atoms with Crippen LogP contribution in [-0.4, -0.2) is 0 Å². The van der Waals surface area contributed by atoms with Crippen LogP contribution >= 0.6 is 0 Å². The van der Waals surface area contributed by atoms with Gasteiger partial charge in [0.25, 0.3) is 0 Å². The second-order valence-electron chi connectivity index (χ2n) is 3.40. The molecule has 0 nitrogen and oxygen atoms in total. The van der Waals surface area contributed by atoms with Crippen molar-refractivity contribution in [1.82, 2.24) is 0 Å². The van der Waals surface area contributed by atoms with Crippen LogP contribution in [0.1, 0.15) is 26.2 Å². The molecule has 0 heteroatoms. The highest BCUT2D eigenvalue weighted by Crippen LogP contribution is 2.40. The minimum absolute atomic E-state index is 0.765. The Hall–Kier alpha value is -0.780. The Morgan fingerprint density at radius 2 is 2.17 bits per heavy atom. The van der Waals surface area contributed by atoms with Crippen LogP contribution in [0.3, 0.4) is 0 Å². The number of hydrogen-bond donors (Lipinski definition) is 0. The quantitative estimate of drug-likeness (QED) is 0.427. The van der Waals surface area contributed by atoms with E-state index >= 15 is 0 Å². The Bertz CT molecular complexity index is 186. The third-order valence-corrected chi connectivity index (χ3v) is 2.25. The summed E-state index contributed by atoms with van der Waals surface area (Å²) in [5.74, 6) is 1.55. The first-order chi connectivity index (χ1) is 5.88. The molecule has 1 saturated carbocycles. The summed E-state index contributed by atoms with van der Waals surface area (Å²) in [6, 6.07) is 0. The first kappa shape index (κ1) is 9.31. The zero-order valence-corrected chi connectivity index (χ0v) is 7.87. The number of allylic oxidation sites excluding steroid dienone is 5. The first-order valence-electron chi connectivity index (χ1n) is 4.84. The molecule has 1 aliphatic rings. The lowest BCUT2D eigenvalue weighted by molar-refractivity contribution is 0.958. The van der Waals surface area contributed by atoms with Gasteiger partial charge in [-0.05, 0) is 24.7 Å². The van der Waals surface area contributed by atoms with Gasteiger partial charge in [-0.15, -0.1) is 6.58 Å². The maximum absolute atomic E-state index is 3.78. The molecule has 2 atom stereocenters. The molecule has 1 aliphatic carbocycles. The van der Waals surface area contributed by atoms with Crippen LogP contribution in [0, 0.1) is 11.8 Å². The highest BCUT2D eigenvalue weighted by Gasteiger charge is 2.30. The van der Waals surface area contributed by atoms with Crippen molar-refractivity contribution < 1.29 is 0 Å². The molecule has 0 radical (unpaired) electrons. The van der Waals surface area contributed by atoms with Gasteiger partial charge in [-0.1, -0.05) is 43.7 Å². The van der Waals surface area contributed by atoms with Crippen LogP contribution in [0.4, 0.5) is 0 Å². The summed E-state index contributed by atoms with van der Waals surface area (Å²) in [4.78, 5) is 0. The lowest BCUT2D eigenvalue weighted by atomic mass is 10.2. The van der Waals surface area contributed by atoms with E-state index in [1.54, 1.807) is 0 Å². The Labute approximate surface area is 75.7 Å². The van der Waals surface area contributed by atoms with Crippen molar-refractivity contribution in [1.29, 1.82) is 0 Å². The third kappa shape index (κ3) is 3.08. The van der Waals surface area contributed by atoms with Crippen molar-refractivity contribution in [2.24, 2.45) is 11.8 Å². The zero-order chi connectivity index (χ0) is 8.81. The standard InChI is InChI=1S/C12H18/c1-3-5-6-7-8-9-12-10-11(12)4-2/h4,6-9,11-12H,2-3,5,10H2,1H3/b7-6+,9-8+/t11-,12+/m0/s1. The molecule has 12 heavy (non-hydrogen) atoms. The lowest BCUT2D eigenvalue weighted by Crippen LogP contribution is -1.69. The van der Waals surface area contributed by atoms with Gasteiger partial charge in [0.05, 0.1) is 0 Å². The molecule has 66 valence electrons. The normalized spacial score (nSPS) is 28.4. The van der Waals surface area contributed by atoms with Gasteiger partial charge in [0.1, 0.15) is 0 Å². The van der Waals surface area contributed by atoms with Gasteiger partial charge in [-0.3, -0.25) is 0 Å². The highest BCUT2D eigenvalue weighted by atomic mass is 14.3. The van der Waals surface area contributed by atoms with Crippen LogP contribution < -0.4 is 0 Å². The average molecular weight is 162 g/mol. The molecule has 0 N–H and O–H groups in total. The van der Waals surface area contributed by atoms with Crippen molar-refractivity contribution in [3.63, 3.8) is 0 Å². The largest absolute Gasteiger partial charge is 0.103 e. The van der Waals surface area contributed by atoms with Crippen LogP contribution in [-0.2, 0) is 0 Å². The van der Waals surface area contributed by atoms with Crippen molar-refractivity contribution >= 4 is 0 Å². The van der Waals surface area contributed by atoms with Crippen LogP contribution in [0.2, 0.25) is 0 Å². The molecule has 0 saturated heterocycles. The number of rotatable bonds is 5. The molecule has 0 aromatic rings. The molecule has 0 bridgehead atoms. The van der Waals surface area contributed by atoms with Crippen molar-refractivity contribution in [3.05, 3.63) is 37.0 Å².